The van der Waals surface area contributed by atoms with Gasteiger partial charge in [-0.2, -0.15) is 0 Å². The van der Waals surface area contributed by atoms with Crippen molar-refractivity contribution in [2.75, 3.05) is 20.1 Å². The maximum absolute atomic E-state index is 10.5. The molecule has 2 rings (SSSR count). The van der Waals surface area contributed by atoms with Gasteiger partial charge in [0.15, 0.2) is 0 Å². The van der Waals surface area contributed by atoms with Crippen molar-refractivity contribution in [3.63, 3.8) is 0 Å². The van der Waals surface area contributed by atoms with Crippen molar-refractivity contribution in [1.82, 2.24) is 4.90 Å². The quantitative estimate of drug-likeness (QED) is 0.780. The van der Waals surface area contributed by atoms with Crippen LogP contribution in [0.5, 0.6) is 5.75 Å². The first-order valence-electron chi connectivity index (χ1n) is 7.09. The molecule has 1 aliphatic heterocycles. The van der Waals surface area contributed by atoms with E-state index in [1.807, 2.05) is 18.2 Å². The average Bonchev–Trinajstić information content (AvgIpc) is 2.62. The van der Waals surface area contributed by atoms with Crippen LogP contribution < -0.4 is 4.74 Å². The number of likely N-dealkylation sites (tertiary alicyclic amines) is 1. The maximum Gasteiger partial charge on any atom is 0.298 e. The van der Waals surface area contributed by atoms with Crippen molar-refractivity contribution >= 4 is 6.47 Å². The van der Waals surface area contributed by atoms with Gasteiger partial charge in [0.25, 0.3) is 6.47 Å². The number of hydrogen-bond acceptors (Lipinski definition) is 3. The summed E-state index contributed by atoms with van der Waals surface area (Å²) in [6.07, 6.45) is 4.85. The number of benzene rings is 1. The van der Waals surface area contributed by atoms with Crippen molar-refractivity contribution < 1.29 is 9.53 Å². The third-order valence-electron chi connectivity index (χ3n) is 4.33. The number of hydrogen-bond donors (Lipinski definition) is 0. The molecule has 0 radical (unpaired) electrons. The van der Waals surface area contributed by atoms with Gasteiger partial charge < -0.3 is 9.64 Å². The molecule has 0 amide bonds. The van der Waals surface area contributed by atoms with Crippen LogP contribution in [0.15, 0.2) is 24.3 Å². The molecule has 0 saturated carbocycles. The molecule has 0 spiro atoms. The Hall–Kier alpha value is -1.35. The van der Waals surface area contributed by atoms with Crippen LogP contribution in [0.1, 0.15) is 38.2 Å². The zero-order chi connectivity index (χ0) is 13.7. The molecule has 1 aliphatic rings. The zero-order valence-corrected chi connectivity index (χ0v) is 11.9. The molecule has 1 aromatic rings. The Morgan fingerprint density at radius 3 is 3.00 bits per heavy atom. The van der Waals surface area contributed by atoms with Crippen molar-refractivity contribution in [3.05, 3.63) is 29.8 Å². The first kappa shape index (κ1) is 14.1. The Morgan fingerprint density at radius 2 is 2.26 bits per heavy atom. The zero-order valence-electron chi connectivity index (χ0n) is 11.9. The summed E-state index contributed by atoms with van der Waals surface area (Å²) in [5.41, 5.74) is 1.48. The van der Waals surface area contributed by atoms with E-state index in [1.54, 1.807) is 0 Å². The molecule has 0 aliphatic carbocycles. The first-order chi connectivity index (χ1) is 9.20. The van der Waals surface area contributed by atoms with Crippen LogP contribution >= 0.6 is 0 Å². The second kappa shape index (κ2) is 6.20. The van der Waals surface area contributed by atoms with Gasteiger partial charge in [0.05, 0.1) is 0 Å². The van der Waals surface area contributed by atoms with E-state index in [1.165, 1.54) is 31.4 Å². The lowest BCUT2D eigenvalue weighted by atomic mass is 9.74. The SMILES string of the molecule is CCC1(c2cccc(OC=O)c2)CCCCN(C)C1. The summed E-state index contributed by atoms with van der Waals surface area (Å²) in [6.45, 7) is 5.00. The van der Waals surface area contributed by atoms with Crippen LogP contribution in [0.4, 0.5) is 0 Å². The molecule has 104 valence electrons. The van der Waals surface area contributed by atoms with Gasteiger partial charge in [-0.25, -0.2) is 0 Å². The van der Waals surface area contributed by atoms with Gasteiger partial charge in [-0.1, -0.05) is 25.5 Å². The number of ether oxygens (including phenoxy) is 1. The molecule has 1 heterocycles. The molecule has 19 heavy (non-hydrogen) atoms. The van der Waals surface area contributed by atoms with E-state index in [2.05, 4.69) is 24.9 Å². The Labute approximate surface area is 115 Å². The molecular weight excluding hydrogens is 238 g/mol. The minimum Gasteiger partial charge on any atom is -0.429 e. The maximum atomic E-state index is 10.5. The molecule has 0 aromatic heterocycles. The molecule has 1 atom stereocenters. The summed E-state index contributed by atoms with van der Waals surface area (Å²) < 4.78 is 4.99. The highest BCUT2D eigenvalue weighted by molar-refractivity contribution is 5.46. The van der Waals surface area contributed by atoms with Gasteiger partial charge in [0.2, 0.25) is 0 Å². The summed E-state index contributed by atoms with van der Waals surface area (Å²) in [5.74, 6) is 0.646. The lowest BCUT2D eigenvalue weighted by molar-refractivity contribution is -0.120. The largest absolute Gasteiger partial charge is 0.429 e. The number of likely N-dealkylation sites (N-methyl/N-ethyl adjacent to an activating group) is 1. The predicted molar refractivity (Wildman–Crippen MR) is 76.5 cm³/mol. The fourth-order valence-electron chi connectivity index (χ4n) is 3.20. The smallest absolute Gasteiger partial charge is 0.298 e. The molecule has 1 saturated heterocycles. The molecule has 1 fully saturated rings. The fourth-order valence-corrected chi connectivity index (χ4v) is 3.20. The standard InChI is InChI=1S/C16H23NO2/c1-3-16(9-4-5-10-17(2)12-16)14-7-6-8-15(11-14)19-13-18/h6-8,11,13H,3-5,9-10,12H2,1-2H3. The minimum absolute atomic E-state index is 0.188. The highest BCUT2D eigenvalue weighted by Gasteiger charge is 2.33. The Morgan fingerprint density at radius 1 is 1.42 bits per heavy atom. The van der Waals surface area contributed by atoms with E-state index in [4.69, 9.17) is 4.74 Å². The molecule has 3 heteroatoms. The van der Waals surface area contributed by atoms with Crippen LogP contribution in [0.3, 0.4) is 0 Å². The molecule has 0 bridgehead atoms. The summed E-state index contributed by atoms with van der Waals surface area (Å²) >= 11 is 0. The fraction of sp³-hybridized carbons (Fsp3) is 0.562. The number of nitrogens with zero attached hydrogens (tertiary/aromatic N) is 1. The molecule has 1 unspecified atom stereocenters. The topological polar surface area (TPSA) is 29.5 Å². The van der Waals surface area contributed by atoms with E-state index in [0.717, 1.165) is 13.0 Å². The van der Waals surface area contributed by atoms with Crippen LogP contribution in [0.2, 0.25) is 0 Å². The molecule has 0 N–H and O–H groups in total. The lowest BCUT2D eigenvalue weighted by Crippen LogP contribution is -2.37. The van der Waals surface area contributed by atoms with Crippen molar-refractivity contribution in [2.24, 2.45) is 0 Å². The van der Waals surface area contributed by atoms with Crippen LogP contribution in [-0.2, 0) is 10.2 Å². The second-order valence-electron chi connectivity index (χ2n) is 5.57. The number of rotatable bonds is 4. The van der Waals surface area contributed by atoms with Crippen LogP contribution in [-0.4, -0.2) is 31.5 Å². The Balaban J connectivity index is 2.33. The van der Waals surface area contributed by atoms with E-state index in [-0.39, 0.29) is 5.41 Å². The van der Waals surface area contributed by atoms with Crippen LogP contribution in [0.25, 0.3) is 0 Å². The van der Waals surface area contributed by atoms with E-state index in [0.29, 0.717) is 12.2 Å². The van der Waals surface area contributed by atoms with Crippen molar-refractivity contribution in [3.8, 4) is 5.75 Å². The minimum atomic E-state index is 0.188. The monoisotopic (exact) mass is 261 g/mol. The highest BCUT2D eigenvalue weighted by atomic mass is 16.5. The second-order valence-corrected chi connectivity index (χ2v) is 5.57. The van der Waals surface area contributed by atoms with Gasteiger partial charge in [-0.05, 0) is 50.6 Å². The highest BCUT2D eigenvalue weighted by Crippen LogP contribution is 2.37. The van der Waals surface area contributed by atoms with Gasteiger partial charge in [-0.3, -0.25) is 4.79 Å². The summed E-state index contributed by atoms with van der Waals surface area (Å²) in [7, 11) is 2.20. The van der Waals surface area contributed by atoms with E-state index >= 15 is 0 Å². The summed E-state index contributed by atoms with van der Waals surface area (Å²) in [4.78, 5) is 12.9. The molecular formula is C16H23NO2. The van der Waals surface area contributed by atoms with Crippen molar-refractivity contribution in [2.45, 2.75) is 38.0 Å². The Kier molecular flexibility index (Phi) is 4.59. The number of carbonyl (C=O) groups excluding carboxylic acids is 1. The van der Waals surface area contributed by atoms with Gasteiger partial charge in [-0.15, -0.1) is 0 Å². The van der Waals surface area contributed by atoms with Gasteiger partial charge in [0, 0.05) is 12.0 Å². The van der Waals surface area contributed by atoms with E-state index < -0.39 is 0 Å². The van der Waals surface area contributed by atoms with Gasteiger partial charge in [0.1, 0.15) is 5.75 Å². The van der Waals surface area contributed by atoms with Crippen LogP contribution in [0, 0.1) is 0 Å². The normalized spacial score (nSPS) is 24.7. The molecule has 1 aromatic carbocycles. The van der Waals surface area contributed by atoms with Gasteiger partial charge >= 0.3 is 0 Å². The third kappa shape index (κ3) is 3.16. The molecule has 3 nitrogen and oxygen atoms in total. The summed E-state index contributed by atoms with van der Waals surface area (Å²) in [5, 5.41) is 0. The van der Waals surface area contributed by atoms with E-state index in [9.17, 15) is 4.79 Å². The predicted octanol–water partition coefficient (Wildman–Crippen LogP) is 2.99. The first-order valence-corrected chi connectivity index (χ1v) is 7.09. The average molecular weight is 261 g/mol. The summed E-state index contributed by atoms with van der Waals surface area (Å²) in [6, 6.07) is 8.01. The lowest BCUT2D eigenvalue weighted by Gasteiger charge is -2.35. The number of carbonyl (C=O) groups is 1. The third-order valence-corrected chi connectivity index (χ3v) is 4.33. The Bertz CT molecular complexity index is 433. The van der Waals surface area contributed by atoms with Crippen molar-refractivity contribution in [1.29, 1.82) is 0 Å².